The standard InChI is InChI=1S/C32H51N3O2/c1-21(2)31(37)35(26-13-9-22(3)10-14-26)27-17-23(4)34(18-27)24(5)29-19-33(32(6,7)8)20-30(29)25-11-15-28(36)16-12-25/h11-12,15-16,21-23,26-27,29-30,36H,5,9-10,13-14,17-20H2,1-4,6-8H3/t22?,23-,26?,27+,29+,30+/m1/s1. The Morgan fingerprint density at radius 2 is 1.62 bits per heavy atom. The first-order valence-corrected chi connectivity index (χ1v) is 14.7. The average Bonchev–Trinajstić information content (AvgIpc) is 3.45. The molecule has 1 aliphatic carbocycles. The zero-order valence-electron chi connectivity index (χ0n) is 24.4. The molecule has 1 aromatic carbocycles. The number of aromatic hydroxyl groups is 1. The second-order valence-electron chi connectivity index (χ2n) is 13.6. The number of nitrogens with zero attached hydrogens (tertiary/aromatic N) is 3. The highest BCUT2D eigenvalue weighted by Gasteiger charge is 2.45. The topological polar surface area (TPSA) is 47.0 Å². The minimum Gasteiger partial charge on any atom is -0.508 e. The number of hydrogen-bond donors (Lipinski definition) is 1. The molecule has 37 heavy (non-hydrogen) atoms. The molecule has 3 aliphatic rings. The Morgan fingerprint density at radius 3 is 2.19 bits per heavy atom. The van der Waals surface area contributed by atoms with Gasteiger partial charge in [-0.05, 0) is 83.4 Å². The van der Waals surface area contributed by atoms with Gasteiger partial charge in [0.25, 0.3) is 0 Å². The predicted octanol–water partition coefficient (Wildman–Crippen LogP) is 6.25. The summed E-state index contributed by atoms with van der Waals surface area (Å²) in [6, 6.07) is 8.78. The van der Waals surface area contributed by atoms with Crippen molar-refractivity contribution in [1.29, 1.82) is 0 Å². The normalized spacial score (nSPS) is 31.2. The van der Waals surface area contributed by atoms with E-state index >= 15 is 0 Å². The number of hydrogen-bond acceptors (Lipinski definition) is 4. The van der Waals surface area contributed by atoms with Crippen molar-refractivity contribution in [1.82, 2.24) is 14.7 Å². The molecule has 4 atom stereocenters. The number of carbonyl (C=O) groups is 1. The van der Waals surface area contributed by atoms with E-state index in [1.807, 2.05) is 12.1 Å². The molecule has 2 aliphatic heterocycles. The summed E-state index contributed by atoms with van der Waals surface area (Å²) in [5, 5.41) is 9.88. The fourth-order valence-corrected chi connectivity index (χ4v) is 7.04. The van der Waals surface area contributed by atoms with Gasteiger partial charge in [0.1, 0.15) is 5.75 Å². The number of phenols is 1. The van der Waals surface area contributed by atoms with Crippen molar-refractivity contribution in [3.05, 3.63) is 42.1 Å². The van der Waals surface area contributed by atoms with Crippen molar-refractivity contribution in [2.75, 3.05) is 19.6 Å². The van der Waals surface area contributed by atoms with E-state index in [-0.39, 0.29) is 17.5 Å². The summed E-state index contributed by atoms with van der Waals surface area (Å²) in [6.45, 7) is 23.2. The summed E-state index contributed by atoms with van der Waals surface area (Å²) in [5.74, 6) is 2.09. The molecule has 1 N–H and O–H groups in total. The Balaban J connectivity index is 1.56. The van der Waals surface area contributed by atoms with E-state index in [4.69, 9.17) is 6.58 Å². The summed E-state index contributed by atoms with van der Waals surface area (Å²) >= 11 is 0. The minimum atomic E-state index is 0.0287. The van der Waals surface area contributed by atoms with Gasteiger partial charge < -0.3 is 14.9 Å². The second-order valence-corrected chi connectivity index (χ2v) is 13.6. The van der Waals surface area contributed by atoms with Gasteiger partial charge in [-0.1, -0.05) is 39.5 Å². The lowest BCUT2D eigenvalue weighted by Gasteiger charge is -2.41. The Bertz CT molecular complexity index is 942. The molecule has 2 heterocycles. The second kappa shape index (κ2) is 11.0. The number of carbonyl (C=O) groups excluding carboxylic acids is 1. The lowest BCUT2D eigenvalue weighted by atomic mass is 9.85. The molecule has 2 saturated heterocycles. The van der Waals surface area contributed by atoms with Gasteiger partial charge in [-0.3, -0.25) is 9.69 Å². The third-order valence-electron chi connectivity index (χ3n) is 9.46. The number of rotatable bonds is 6. The van der Waals surface area contributed by atoms with E-state index in [2.05, 4.69) is 75.3 Å². The summed E-state index contributed by atoms with van der Waals surface area (Å²) < 4.78 is 0. The van der Waals surface area contributed by atoms with E-state index in [1.54, 1.807) is 0 Å². The van der Waals surface area contributed by atoms with E-state index in [9.17, 15) is 9.90 Å². The first-order valence-electron chi connectivity index (χ1n) is 14.7. The zero-order chi connectivity index (χ0) is 27.1. The molecule has 4 rings (SSSR count). The van der Waals surface area contributed by atoms with Crippen molar-refractivity contribution in [2.24, 2.45) is 17.8 Å². The molecule has 1 saturated carbocycles. The van der Waals surface area contributed by atoms with Crippen LogP contribution in [0.4, 0.5) is 0 Å². The van der Waals surface area contributed by atoms with Crippen molar-refractivity contribution >= 4 is 5.91 Å². The van der Waals surface area contributed by atoms with E-state index < -0.39 is 0 Å². The number of phenolic OH excluding ortho intramolecular Hbond substituents is 1. The average molecular weight is 510 g/mol. The molecule has 0 spiro atoms. The van der Waals surface area contributed by atoms with Crippen LogP contribution >= 0.6 is 0 Å². The van der Waals surface area contributed by atoms with Gasteiger partial charge in [-0.2, -0.15) is 0 Å². The molecule has 3 fully saturated rings. The molecule has 5 nitrogen and oxygen atoms in total. The smallest absolute Gasteiger partial charge is 0.225 e. The van der Waals surface area contributed by atoms with Crippen LogP contribution in [-0.4, -0.2) is 69.0 Å². The first-order chi connectivity index (χ1) is 17.4. The van der Waals surface area contributed by atoms with Crippen LogP contribution in [0, 0.1) is 17.8 Å². The molecular formula is C32H51N3O2. The lowest BCUT2D eigenvalue weighted by molar-refractivity contribution is -0.140. The Kier molecular flexibility index (Phi) is 8.33. The van der Waals surface area contributed by atoms with Crippen molar-refractivity contribution < 1.29 is 9.90 Å². The molecule has 1 amide bonds. The summed E-state index contributed by atoms with van der Waals surface area (Å²) in [5.41, 5.74) is 2.57. The van der Waals surface area contributed by atoms with Crippen LogP contribution in [0.3, 0.4) is 0 Å². The number of likely N-dealkylation sites (tertiary alicyclic amines) is 2. The molecule has 0 radical (unpaired) electrons. The van der Waals surface area contributed by atoms with Gasteiger partial charge in [-0.15, -0.1) is 0 Å². The number of amides is 1. The highest BCUT2D eigenvalue weighted by Crippen LogP contribution is 2.43. The van der Waals surface area contributed by atoms with Crippen LogP contribution in [0.25, 0.3) is 0 Å². The van der Waals surface area contributed by atoms with Gasteiger partial charge in [0, 0.05) is 60.7 Å². The third-order valence-corrected chi connectivity index (χ3v) is 9.46. The largest absolute Gasteiger partial charge is 0.508 e. The van der Waals surface area contributed by atoms with Crippen molar-refractivity contribution in [2.45, 2.75) is 110 Å². The fourth-order valence-electron chi connectivity index (χ4n) is 7.04. The highest BCUT2D eigenvalue weighted by molar-refractivity contribution is 5.79. The predicted molar refractivity (Wildman–Crippen MR) is 152 cm³/mol. The van der Waals surface area contributed by atoms with Crippen molar-refractivity contribution in [3.8, 4) is 5.75 Å². The van der Waals surface area contributed by atoms with Crippen LogP contribution in [0.1, 0.15) is 92.1 Å². The Morgan fingerprint density at radius 1 is 1.00 bits per heavy atom. The van der Waals surface area contributed by atoms with Gasteiger partial charge in [0.2, 0.25) is 5.91 Å². The van der Waals surface area contributed by atoms with E-state index in [1.165, 1.54) is 24.1 Å². The minimum absolute atomic E-state index is 0.0287. The number of benzene rings is 1. The van der Waals surface area contributed by atoms with Gasteiger partial charge >= 0.3 is 0 Å². The molecule has 1 aromatic rings. The maximum atomic E-state index is 13.5. The van der Waals surface area contributed by atoms with Crippen molar-refractivity contribution in [3.63, 3.8) is 0 Å². The van der Waals surface area contributed by atoms with Gasteiger partial charge in [0.05, 0.1) is 6.04 Å². The van der Waals surface area contributed by atoms with Crippen LogP contribution < -0.4 is 0 Å². The van der Waals surface area contributed by atoms with Crippen LogP contribution in [0.15, 0.2) is 36.5 Å². The van der Waals surface area contributed by atoms with E-state index in [0.29, 0.717) is 35.6 Å². The summed E-state index contributed by atoms with van der Waals surface area (Å²) in [7, 11) is 0. The quantitative estimate of drug-likeness (QED) is 0.493. The molecule has 0 aromatic heterocycles. The molecule has 5 heteroatoms. The van der Waals surface area contributed by atoms with Crippen LogP contribution in [0.2, 0.25) is 0 Å². The maximum absolute atomic E-state index is 13.5. The van der Waals surface area contributed by atoms with Crippen LogP contribution in [-0.2, 0) is 4.79 Å². The molecular weight excluding hydrogens is 458 g/mol. The monoisotopic (exact) mass is 509 g/mol. The van der Waals surface area contributed by atoms with Gasteiger partial charge in [-0.25, -0.2) is 0 Å². The third kappa shape index (κ3) is 6.02. The van der Waals surface area contributed by atoms with Gasteiger partial charge in [0.15, 0.2) is 0 Å². The van der Waals surface area contributed by atoms with E-state index in [0.717, 1.165) is 44.8 Å². The molecule has 206 valence electrons. The fraction of sp³-hybridized carbons (Fsp3) is 0.719. The first kappa shape index (κ1) is 28.0. The summed E-state index contributed by atoms with van der Waals surface area (Å²) in [6.07, 6.45) is 5.74. The summed E-state index contributed by atoms with van der Waals surface area (Å²) in [4.78, 5) is 20.9. The Hall–Kier alpha value is -2.01. The SMILES string of the molecule is C=C([C@@H]1CN(C(C)(C)C)C[C@H]1c1ccc(O)cc1)N1C[C@@H](N(C(=O)C(C)C)C2CCC(C)CC2)C[C@H]1C. The lowest BCUT2D eigenvalue weighted by Crippen LogP contribution is -2.51. The maximum Gasteiger partial charge on any atom is 0.225 e. The zero-order valence-corrected chi connectivity index (χ0v) is 24.4. The Labute approximate surface area is 225 Å². The highest BCUT2D eigenvalue weighted by atomic mass is 16.3. The molecule has 0 unspecified atom stereocenters. The molecule has 0 bridgehead atoms. The van der Waals surface area contributed by atoms with Crippen LogP contribution in [0.5, 0.6) is 5.75 Å².